The van der Waals surface area contributed by atoms with Gasteiger partial charge in [-0.3, -0.25) is 19.7 Å². The van der Waals surface area contributed by atoms with Crippen molar-refractivity contribution in [3.05, 3.63) is 55.8 Å². The maximum atomic E-state index is 12.8. The number of rotatable bonds is 5. The quantitative estimate of drug-likeness (QED) is 0.323. The molecule has 0 unspecified atom stereocenters. The summed E-state index contributed by atoms with van der Waals surface area (Å²) < 4.78 is 18.0. The van der Waals surface area contributed by atoms with E-state index in [1.165, 1.54) is 16.7 Å². The van der Waals surface area contributed by atoms with Gasteiger partial charge in [0.15, 0.2) is 16.3 Å². The molecule has 1 aliphatic rings. The topological polar surface area (TPSA) is 122 Å². The molecule has 160 valence electrons. The van der Waals surface area contributed by atoms with Gasteiger partial charge in [-0.1, -0.05) is 22.9 Å². The lowest BCUT2D eigenvalue weighted by atomic mass is 10.2. The highest BCUT2D eigenvalue weighted by atomic mass is 35.5. The van der Waals surface area contributed by atoms with Gasteiger partial charge in [0.05, 0.1) is 32.3 Å². The van der Waals surface area contributed by atoms with Crippen LogP contribution in [0.5, 0.6) is 11.5 Å². The van der Waals surface area contributed by atoms with Gasteiger partial charge in [0.25, 0.3) is 11.6 Å². The van der Waals surface area contributed by atoms with E-state index in [9.17, 15) is 19.7 Å². The van der Waals surface area contributed by atoms with Crippen molar-refractivity contribution in [1.29, 1.82) is 0 Å². The van der Waals surface area contributed by atoms with Crippen LogP contribution in [-0.2, 0) is 16.1 Å². The molecule has 2 heterocycles. The molecular formula is C19H14ClN3O7S. The average Bonchev–Trinajstić information content (AvgIpc) is 3.30. The third kappa shape index (κ3) is 4.09. The molecule has 0 spiro atoms. The Hall–Kier alpha value is -3.44. The van der Waals surface area contributed by atoms with E-state index in [1.807, 2.05) is 0 Å². The summed E-state index contributed by atoms with van der Waals surface area (Å²) in [6, 6.07) is 6.94. The zero-order valence-electron chi connectivity index (χ0n) is 16.0. The number of hydrogen-bond donors (Lipinski definition) is 0. The molecule has 0 fully saturated rings. The second-order valence-corrected chi connectivity index (χ2v) is 7.70. The predicted octanol–water partition coefficient (Wildman–Crippen LogP) is 3.30. The van der Waals surface area contributed by atoms with Crippen LogP contribution in [0.1, 0.15) is 17.3 Å². The highest BCUT2D eigenvalue weighted by molar-refractivity contribution is 7.16. The second kappa shape index (κ2) is 8.36. The summed E-state index contributed by atoms with van der Waals surface area (Å²) >= 11 is 7.20. The summed E-state index contributed by atoms with van der Waals surface area (Å²) in [4.78, 5) is 39.7. The van der Waals surface area contributed by atoms with E-state index in [4.69, 9.17) is 25.8 Å². The summed E-state index contributed by atoms with van der Waals surface area (Å²) in [7, 11) is 0. The van der Waals surface area contributed by atoms with Crippen LogP contribution in [0.3, 0.4) is 0 Å². The molecule has 0 radical (unpaired) electrons. The maximum absolute atomic E-state index is 12.8. The first-order chi connectivity index (χ1) is 14.9. The minimum Gasteiger partial charge on any atom is -0.465 e. The van der Waals surface area contributed by atoms with Gasteiger partial charge in [-0.2, -0.15) is 4.99 Å². The zero-order valence-corrected chi connectivity index (χ0v) is 17.6. The number of nitro benzene ring substituents is 1. The van der Waals surface area contributed by atoms with E-state index >= 15 is 0 Å². The van der Waals surface area contributed by atoms with Crippen molar-refractivity contribution >= 4 is 50.7 Å². The first-order valence-corrected chi connectivity index (χ1v) is 10.2. The fourth-order valence-electron chi connectivity index (χ4n) is 2.97. The van der Waals surface area contributed by atoms with Crippen LogP contribution in [0.4, 0.5) is 5.69 Å². The monoisotopic (exact) mass is 463 g/mol. The van der Waals surface area contributed by atoms with Gasteiger partial charge in [-0.15, -0.1) is 0 Å². The van der Waals surface area contributed by atoms with Crippen molar-refractivity contribution < 1.29 is 28.7 Å². The van der Waals surface area contributed by atoms with Gasteiger partial charge >= 0.3 is 5.97 Å². The summed E-state index contributed by atoms with van der Waals surface area (Å²) in [5, 5.41) is 11.1. The number of hydrogen-bond acceptors (Lipinski definition) is 8. The number of thiazole rings is 1. The van der Waals surface area contributed by atoms with Gasteiger partial charge in [0, 0.05) is 24.3 Å². The zero-order chi connectivity index (χ0) is 22.1. The van der Waals surface area contributed by atoms with Crippen molar-refractivity contribution in [1.82, 2.24) is 4.57 Å². The molecule has 0 saturated heterocycles. The first kappa shape index (κ1) is 20.8. The minimum atomic E-state index is -0.780. The van der Waals surface area contributed by atoms with Crippen molar-refractivity contribution in [3.8, 4) is 11.5 Å². The lowest BCUT2D eigenvalue weighted by Gasteiger charge is -2.06. The number of benzene rings is 2. The molecule has 3 aromatic rings. The van der Waals surface area contributed by atoms with Gasteiger partial charge in [0.1, 0.15) is 6.54 Å². The third-order valence-corrected chi connectivity index (χ3v) is 5.73. The largest absolute Gasteiger partial charge is 0.465 e. The van der Waals surface area contributed by atoms with Crippen molar-refractivity contribution in [3.63, 3.8) is 0 Å². The molecule has 10 nitrogen and oxygen atoms in total. The standard InChI is InChI=1S/C19H14ClN3O7S/c1-2-28-17(24)8-22-13-6-14-15(30-9-29-14)7-16(13)31-19(22)21-18(25)11-5-10(23(26)27)3-4-12(11)20/h3-7H,2,8-9H2,1H3. The molecule has 2 aromatic carbocycles. The highest BCUT2D eigenvalue weighted by Crippen LogP contribution is 2.37. The van der Waals surface area contributed by atoms with Crippen LogP contribution in [0.2, 0.25) is 5.02 Å². The van der Waals surface area contributed by atoms with Crippen LogP contribution < -0.4 is 14.3 Å². The van der Waals surface area contributed by atoms with E-state index in [1.54, 1.807) is 19.1 Å². The van der Waals surface area contributed by atoms with Gasteiger partial charge in [0.2, 0.25) is 6.79 Å². The fraction of sp³-hybridized carbons (Fsp3) is 0.211. The molecule has 0 bridgehead atoms. The normalized spacial score (nSPS) is 12.9. The lowest BCUT2D eigenvalue weighted by Crippen LogP contribution is -2.23. The summed E-state index contributed by atoms with van der Waals surface area (Å²) in [6.07, 6.45) is 0. The number of esters is 1. The summed E-state index contributed by atoms with van der Waals surface area (Å²) in [5.74, 6) is -0.251. The number of carbonyl (C=O) groups is 2. The third-order valence-electron chi connectivity index (χ3n) is 4.36. The van der Waals surface area contributed by atoms with Crippen molar-refractivity contribution in [2.45, 2.75) is 13.5 Å². The van der Waals surface area contributed by atoms with Crippen LogP contribution in [0.25, 0.3) is 10.2 Å². The molecule has 0 N–H and O–H groups in total. The Balaban J connectivity index is 1.85. The Labute approximate surface area is 183 Å². The molecule has 0 saturated carbocycles. The fourth-order valence-corrected chi connectivity index (χ4v) is 4.21. The number of aromatic nitrogens is 1. The number of nitrogens with zero attached hydrogens (tertiary/aromatic N) is 3. The molecule has 4 rings (SSSR count). The Morgan fingerprint density at radius 3 is 2.74 bits per heavy atom. The molecule has 12 heteroatoms. The van der Waals surface area contributed by atoms with Crippen LogP contribution >= 0.6 is 22.9 Å². The smallest absolute Gasteiger partial charge is 0.326 e. The molecule has 31 heavy (non-hydrogen) atoms. The number of halogens is 1. The highest BCUT2D eigenvalue weighted by Gasteiger charge is 2.20. The molecule has 1 aromatic heterocycles. The molecular weight excluding hydrogens is 450 g/mol. The molecule has 1 aliphatic heterocycles. The van der Waals surface area contributed by atoms with Gasteiger partial charge in [-0.05, 0) is 13.0 Å². The summed E-state index contributed by atoms with van der Waals surface area (Å²) in [6.45, 7) is 1.78. The molecule has 0 aliphatic carbocycles. The minimum absolute atomic E-state index is 0.0261. The number of fused-ring (bicyclic) bond motifs is 2. The van der Waals surface area contributed by atoms with Crippen LogP contribution in [-0.4, -0.2) is 34.8 Å². The van der Waals surface area contributed by atoms with E-state index in [0.29, 0.717) is 21.7 Å². The van der Waals surface area contributed by atoms with Crippen molar-refractivity contribution in [2.75, 3.05) is 13.4 Å². The first-order valence-electron chi connectivity index (χ1n) is 8.99. The predicted molar refractivity (Wildman–Crippen MR) is 111 cm³/mol. The van der Waals surface area contributed by atoms with E-state index in [-0.39, 0.29) is 41.0 Å². The SMILES string of the molecule is CCOC(=O)Cn1c(=NC(=O)c2cc([N+](=O)[O-])ccc2Cl)sc2cc3c(cc21)OCO3. The molecule has 0 atom stereocenters. The van der Waals surface area contributed by atoms with Crippen molar-refractivity contribution in [2.24, 2.45) is 4.99 Å². The van der Waals surface area contributed by atoms with E-state index < -0.39 is 16.8 Å². The Kier molecular flexibility index (Phi) is 5.61. The van der Waals surface area contributed by atoms with E-state index in [2.05, 4.69) is 4.99 Å². The van der Waals surface area contributed by atoms with Gasteiger partial charge in [-0.25, -0.2) is 0 Å². The number of ether oxygens (including phenoxy) is 3. The van der Waals surface area contributed by atoms with Crippen LogP contribution in [0.15, 0.2) is 35.3 Å². The van der Waals surface area contributed by atoms with E-state index in [0.717, 1.165) is 17.4 Å². The number of amides is 1. The maximum Gasteiger partial charge on any atom is 0.326 e. The number of non-ortho nitro benzene ring substituents is 1. The average molecular weight is 464 g/mol. The Bertz CT molecular complexity index is 1300. The lowest BCUT2D eigenvalue weighted by molar-refractivity contribution is -0.384. The second-order valence-electron chi connectivity index (χ2n) is 6.29. The van der Waals surface area contributed by atoms with Gasteiger partial charge < -0.3 is 18.8 Å². The Morgan fingerprint density at radius 1 is 1.29 bits per heavy atom. The number of nitro groups is 1. The summed E-state index contributed by atoms with van der Waals surface area (Å²) in [5.41, 5.74) is 0.188. The molecule has 1 amide bonds. The Morgan fingerprint density at radius 2 is 2.03 bits per heavy atom. The van der Waals surface area contributed by atoms with Crippen LogP contribution in [0, 0.1) is 10.1 Å². The number of carbonyl (C=O) groups excluding carboxylic acids is 2.